The van der Waals surface area contributed by atoms with Crippen LogP contribution in [0.15, 0.2) is 24.3 Å². The van der Waals surface area contributed by atoms with E-state index >= 15 is 0 Å². The summed E-state index contributed by atoms with van der Waals surface area (Å²) in [6, 6.07) is 8.32. The van der Waals surface area contributed by atoms with Gasteiger partial charge in [0.05, 0.1) is 58.8 Å². The Balaban J connectivity index is 1.49. The third-order valence-corrected chi connectivity index (χ3v) is 11.2. The van der Waals surface area contributed by atoms with Crippen molar-refractivity contribution in [2.45, 2.75) is 121 Å². The minimum Gasteiger partial charge on any atom is -0.461 e. The number of aromatic amines is 4. The topological polar surface area (TPSA) is 142 Å². The zero-order chi connectivity index (χ0) is 40.3. The summed E-state index contributed by atoms with van der Waals surface area (Å²) >= 11 is 0. The van der Waals surface area contributed by atoms with Crippen molar-refractivity contribution >= 4 is 23.0 Å². The highest BCUT2D eigenvalue weighted by molar-refractivity contribution is 5.93. The van der Waals surface area contributed by atoms with Gasteiger partial charge in [-0.2, -0.15) is 0 Å². The molecule has 6 rings (SSSR count). The van der Waals surface area contributed by atoms with E-state index in [9.17, 15) is 9.59 Å². The van der Waals surface area contributed by atoms with Gasteiger partial charge in [0.15, 0.2) is 5.65 Å². The predicted molar refractivity (Wildman–Crippen MR) is 226 cm³/mol. The number of nitrogens with zero attached hydrogens (tertiary/aromatic N) is 2. The van der Waals surface area contributed by atoms with Gasteiger partial charge >= 0.3 is 11.9 Å². The average Bonchev–Trinajstić information content (AvgIpc) is 3.99. The molecule has 0 aliphatic heterocycles. The van der Waals surface area contributed by atoms with Crippen LogP contribution in [0.2, 0.25) is 0 Å². The monoisotopic (exact) mass is 758 g/mol. The van der Waals surface area contributed by atoms with Crippen molar-refractivity contribution in [3.63, 3.8) is 0 Å². The van der Waals surface area contributed by atoms with Crippen molar-refractivity contribution in [1.82, 2.24) is 29.9 Å². The quantitative estimate of drug-likeness (QED) is 0.0724. The lowest BCUT2D eigenvalue weighted by Crippen LogP contribution is -2.08. The highest BCUT2D eigenvalue weighted by Crippen LogP contribution is 2.40. The van der Waals surface area contributed by atoms with Gasteiger partial charge in [-0.05, 0) is 134 Å². The second-order valence-electron chi connectivity index (χ2n) is 14.0. The first-order chi connectivity index (χ1) is 27.2. The van der Waals surface area contributed by atoms with Crippen LogP contribution in [0.1, 0.15) is 135 Å². The highest BCUT2D eigenvalue weighted by Gasteiger charge is 2.28. The number of carbonyl (C=O) groups excluding carboxylic acids is 2. The van der Waals surface area contributed by atoms with Crippen LogP contribution in [0.4, 0.5) is 0 Å². The average molecular weight is 759 g/mol. The minimum atomic E-state index is -0.318. The molecule has 10 nitrogen and oxygen atoms in total. The van der Waals surface area contributed by atoms with Gasteiger partial charge in [-0.3, -0.25) is 0 Å². The Bertz CT molecular complexity index is 2220. The molecule has 0 radical (unpaired) electrons. The lowest BCUT2D eigenvalue weighted by atomic mass is 9.97. The first-order valence-electron chi connectivity index (χ1n) is 20.8. The largest absolute Gasteiger partial charge is 0.461 e. The molecule has 0 aliphatic carbocycles. The molecular weight excluding hydrogens is 701 g/mol. The number of H-pyrrole nitrogens is 4. The Morgan fingerprint density at radius 3 is 1.05 bits per heavy atom. The zero-order valence-electron chi connectivity index (χ0n) is 34.9. The molecule has 6 heterocycles. The zero-order valence-corrected chi connectivity index (χ0v) is 34.9. The normalized spacial score (nSPS) is 11.5. The fourth-order valence-corrected chi connectivity index (χ4v) is 8.76. The lowest BCUT2D eigenvalue weighted by Gasteiger charge is -2.07. The number of hydrogen-bond donors (Lipinski definition) is 4. The molecule has 6 aromatic rings. The van der Waals surface area contributed by atoms with E-state index in [4.69, 9.17) is 19.4 Å². The number of ether oxygens (including phenoxy) is 2. The number of carbonyl (C=O) groups is 2. The van der Waals surface area contributed by atoms with Crippen LogP contribution in [0.3, 0.4) is 0 Å². The van der Waals surface area contributed by atoms with E-state index in [0.29, 0.717) is 30.2 Å². The molecule has 0 spiro atoms. The molecule has 56 heavy (non-hydrogen) atoms. The van der Waals surface area contributed by atoms with Crippen molar-refractivity contribution in [3.05, 3.63) is 80.2 Å². The maximum absolute atomic E-state index is 13.0. The predicted octanol–water partition coefficient (Wildman–Crippen LogP) is 10.5. The number of hydrogen-bond acceptors (Lipinski definition) is 6. The summed E-state index contributed by atoms with van der Waals surface area (Å²) in [5.74, 6) is -0.637. The molecule has 0 aromatic carbocycles. The van der Waals surface area contributed by atoms with E-state index in [1.807, 2.05) is 13.8 Å². The molecule has 4 N–H and O–H groups in total. The van der Waals surface area contributed by atoms with E-state index in [1.54, 1.807) is 0 Å². The maximum atomic E-state index is 13.0. The van der Waals surface area contributed by atoms with Gasteiger partial charge < -0.3 is 29.4 Å². The molecule has 0 bridgehead atoms. The van der Waals surface area contributed by atoms with Gasteiger partial charge in [-0.15, -0.1) is 0 Å². The van der Waals surface area contributed by atoms with Gasteiger partial charge in [0, 0.05) is 5.39 Å². The van der Waals surface area contributed by atoms with Crippen LogP contribution in [-0.4, -0.2) is 55.1 Å². The number of rotatable bonds is 16. The molecule has 6 aromatic heterocycles. The van der Waals surface area contributed by atoms with E-state index in [1.165, 1.54) is 22.3 Å². The summed E-state index contributed by atoms with van der Waals surface area (Å²) in [7, 11) is 0. The number of fused-ring (bicyclic) bond motifs is 1. The number of nitrogens with one attached hydrogen (secondary N) is 4. The van der Waals surface area contributed by atoms with E-state index < -0.39 is 0 Å². The summed E-state index contributed by atoms with van der Waals surface area (Å²) in [6.07, 6.45) is 6.29. The van der Waals surface area contributed by atoms with Crippen LogP contribution in [0, 0.1) is 0 Å². The number of aromatic nitrogens is 6. The minimum absolute atomic E-state index is 0.318. The summed E-state index contributed by atoms with van der Waals surface area (Å²) < 4.78 is 10.9. The van der Waals surface area contributed by atoms with Crippen LogP contribution in [0.5, 0.6) is 0 Å². The first-order valence-corrected chi connectivity index (χ1v) is 20.8. The summed E-state index contributed by atoms with van der Waals surface area (Å²) in [5, 5.41) is 0.951. The second-order valence-corrected chi connectivity index (χ2v) is 14.0. The SMILES string of the molecule is CCOC(=O)c1[nH]c(-c2[nH]c(-c3ccc4ccc(-c5[nH]c(-c6[nH]c(C(=O)OCC)c(CC)c6CC)c(CC)c5CC)nc4n3)c(CC)c2CC)c(CC)c1CC. The molecule has 0 atom stereocenters. The van der Waals surface area contributed by atoms with Crippen molar-refractivity contribution in [2.24, 2.45) is 0 Å². The molecule has 296 valence electrons. The second kappa shape index (κ2) is 17.2. The summed E-state index contributed by atoms with van der Waals surface area (Å²) in [5.41, 5.74) is 18.3. The van der Waals surface area contributed by atoms with E-state index in [2.05, 4.69) is 99.6 Å². The number of pyridine rings is 2. The van der Waals surface area contributed by atoms with Gasteiger partial charge in [-0.25, -0.2) is 19.6 Å². The first kappa shape index (κ1) is 40.3. The van der Waals surface area contributed by atoms with E-state index in [0.717, 1.165) is 125 Å². The lowest BCUT2D eigenvalue weighted by molar-refractivity contribution is 0.0509. The summed E-state index contributed by atoms with van der Waals surface area (Å²) in [4.78, 5) is 51.1. The molecule has 0 amide bonds. The van der Waals surface area contributed by atoms with Crippen LogP contribution in [-0.2, 0) is 60.8 Å². The summed E-state index contributed by atoms with van der Waals surface area (Å²) in [6.45, 7) is 21.5. The van der Waals surface area contributed by atoms with Crippen LogP contribution in [0.25, 0.3) is 56.6 Å². The Morgan fingerprint density at radius 2 is 0.732 bits per heavy atom. The standard InChI is InChI=1S/C46H58N6O4/c1-11-26-28(13-3)38(40-30(15-5)32(17-7)42(51-40)45(53)55-19-9)49-36(26)34-23-21-25-22-24-35(48-44(25)47-34)37-27(12-2)29(14-4)39(50-37)41-31(16-6)33(18-8)43(52-41)46(54)56-20-10/h21-24,49-52H,11-20H2,1-10H3. The molecule has 0 saturated heterocycles. The van der Waals surface area contributed by atoms with Crippen molar-refractivity contribution in [2.75, 3.05) is 13.2 Å². The molecule has 0 saturated carbocycles. The van der Waals surface area contributed by atoms with Crippen molar-refractivity contribution in [1.29, 1.82) is 0 Å². The van der Waals surface area contributed by atoms with Gasteiger partial charge in [0.25, 0.3) is 0 Å². The third-order valence-electron chi connectivity index (χ3n) is 11.2. The Hall–Kier alpha value is -5.38. The number of esters is 2. The fraction of sp³-hybridized carbons (Fsp3) is 0.435. The molecular formula is C46H58N6O4. The van der Waals surface area contributed by atoms with Gasteiger partial charge in [-0.1, -0.05) is 55.4 Å². The Labute approximate surface area is 330 Å². The smallest absolute Gasteiger partial charge is 0.355 e. The Morgan fingerprint density at radius 1 is 0.429 bits per heavy atom. The Kier molecular flexibility index (Phi) is 12.4. The van der Waals surface area contributed by atoms with Crippen LogP contribution < -0.4 is 0 Å². The van der Waals surface area contributed by atoms with Crippen molar-refractivity contribution in [3.8, 4) is 45.6 Å². The molecule has 0 unspecified atom stereocenters. The molecule has 0 aliphatic rings. The molecule has 0 fully saturated rings. The van der Waals surface area contributed by atoms with Gasteiger partial charge in [0.2, 0.25) is 0 Å². The van der Waals surface area contributed by atoms with Crippen LogP contribution >= 0.6 is 0 Å². The van der Waals surface area contributed by atoms with Gasteiger partial charge in [0.1, 0.15) is 11.4 Å². The van der Waals surface area contributed by atoms with Crippen molar-refractivity contribution < 1.29 is 19.1 Å². The van der Waals surface area contributed by atoms with E-state index in [-0.39, 0.29) is 11.9 Å². The third kappa shape index (κ3) is 6.88. The molecule has 10 heteroatoms. The highest BCUT2D eigenvalue weighted by atomic mass is 16.5. The fourth-order valence-electron chi connectivity index (χ4n) is 8.76. The maximum Gasteiger partial charge on any atom is 0.355 e.